The molecule has 1 aromatic heterocycles. The first-order valence-electron chi connectivity index (χ1n) is 8.76. The van der Waals surface area contributed by atoms with E-state index in [0.717, 1.165) is 30.2 Å². The molecule has 1 aromatic carbocycles. The molecule has 2 N–H and O–H groups in total. The largest absolute Gasteiger partial charge is 0.465 e. The maximum atomic E-state index is 12.9. The first-order valence-corrected chi connectivity index (χ1v) is 8.76. The minimum Gasteiger partial charge on any atom is -0.465 e. The number of ether oxygens (including phenoxy) is 1. The predicted molar refractivity (Wildman–Crippen MR) is 95.2 cm³/mol. The third-order valence-corrected chi connectivity index (χ3v) is 4.40. The molecule has 1 aliphatic heterocycles. The zero-order valence-electron chi connectivity index (χ0n) is 14.8. The molecule has 3 rings (SSSR count). The first-order chi connectivity index (χ1) is 12.6. The molecule has 6 nitrogen and oxygen atoms in total. The van der Waals surface area contributed by atoms with E-state index in [4.69, 9.17) is 9.15 Å². The molecule has 0 radical (unpaired) electrons. The smallest absolute Gasteiger partial charge is 0.315 e. The Bertz CT molecular complexity index is 711. The van der Waals surface area contributed by atoms with Gasteiger partial charge >= 0.3 is 6.03 Å². The van der Waals surface area contributed by atoms with E-state index in [9.17, 15) is 9.18 Å². The van der Waals surface area contributed by atoms with E-state index < -0.39 is 0 Å². The maximum absolute atomic E-state index is 12.9. The zero-order chi connectivity index (χ0) is 18.4. The fourth-order valence-electron chi connectivity index (χ4n) is 2.97. The Morgan fingerprint density at radius 3 is 2.54 bits per heavy atom. The summed E-state index contributed by atoms with van der Waals surface area (Å²) in [5.41, 5.74) is 0.841. The summed E-state index contributed by atoms with van der Waals surface area (Å²) >= 11 is 0. The first kappa shape index (κ1) is 18.4. The fourth-order valence-corrected chi connectivity index (χ4v) is 2.97. The van der Waals surface area contributed by atoms with Crippen LogP contribution in [0.5, 0.6) is 0 Å². The van der Waals surface area contributed by atoms with E-state index in [0.29, 0.717) is 26.3 Å². The minimum absolute atomic E-state index is 0.0378. The van der Waals surface area contributed by atoms with Crippen molar-refractivity contribution in [3.63, 3.8) is 0 Å². The number of rotatable bonds is 6. The monoisotopic (exact) mass is 361 g/mol. The molecule has 1 saturated heterocycles. The number of carbonyl (C=O) groups excluding carboxylic acids is 1. The average Bonchev–Trinajstić information content (AvgIpc) is 3.08. The fraction of sp³-hybridized carbons (Fsp3) is 0.421. The lowest BCUT2D eigenvalue weighted by Crippen LogP contribution is -2.45. The van der Waals surface area contributed by atoms with Gasteiger partial charge in [-0.2, -0.15) is 0 Å². The summed E-state index contributed by atoms with van der Waals surface area (Å²) in [5, 5.41) is 5.69. The van der Waals surface area contributed by atoms with E-state index in [1.54, 1.807) is 12.1 Å². The Balaban J connectivity index is 1.54. The molecular formula is C19H24FN3O3. The number of nitrogens with zero attached hydrogens (tertiary/aromatic N) is 1. The van der Waals surface area contributed by atoms with Gasteiger partial charge in [-0.15, -0.1) is 0 Å². The van der Waals surface area contributed by atoms with Gasteiger partial charge in [0.1, 0.15) is 17.3 Å². The number of amides is 2. The van der Waals surface area contributed by atoms with Crippen molar-refractivity contribution < 1.29 is 18.3 Å². The van der Waals surface area contributed by atoms with Gasteiger partial charge in [0, 0.05) is 26.2 Å². The molecule has 1 unspecified atom stereocenters. The summed E-state index contributed by atoms with van der Waals surface area (Å²) in [4.78, 5) is 14.4. The van der Waals surface area contributed by atoms with E-state index in [-0.39, 0.29) is 17.9 Å². The average molecular weight is 361 g/mol. The number of benzene rings is 1. The minimum atomic E-state index is -0.291. The summed E-state index contributed by atoms with van der Waals surface area (Å²) in [6.07, 6.45) is 0. The third-order valence-electron chi connectivity index (χ3n) is 4.40. The number of morpholine rings is 1. The zero-order valence-corrected chi connectivity index (χ0v) is 14.8. The molecule has 140 valence electrons. The van der Waals surface area contributed by atoms with Gasteiger partial charge in [0.05, 0.1) is 19.3 Å². The van der Waals surface area contributed by atoms with Gasteiger partial charge in [0.15, 0.2) is 0 Å². The molecule has 0 saturated carbocycles. The highest BCUT2D eigenvalue weighted by Gasteiger charge is 2.25. The molecule has 7 heteroatoms. The molecule has 2 aromatic rings. The van der Waals surface area contributed by atoms with Crippen LogP contribution in [0.15, 0.2) is 40.8 Å². The van der Waals surface area contributed by atoms with Crippen LogP contribution in [-0.2, 0) is 11.3 Å². The predicted octanol–water partition coefficient (Wildman–Crippen LogP) is 2.60. The van der Waals surface area contributed by atoms with Crippen molar-refractivity contribution >= 4 is 6.03 Å². The highest BCUT2D eigenvalue weighted by atomic mass is 19.1. The molecular weight excluding hydrogens is 337 g/mol. The second-order valence-electron chi connectivity index (χ2n) is 6.30. The number of halogens is 1. The summed E-state index contributed by atoms with van der Waals surface area (Å²) < 4.78 is 24.1. The van der Waals surface area contributed by atoms with Gasteiger partial charge in [0.25, 0.3) is 0 Å². The maximum Gasteiger partial charge on any atom is 0.315 e. The van der Waals surface area contributed by atoms with Crippen LogP contribution >= 0.6 is 0 Å². The molecule has 26 heavy (non-hydrogen) atoms. The van der Waals surface area contributed by atoms with Gasteiger partial charge < -0.3 is 19.8 Å². The lowest BCUT2D eigenvalue weighted by atomic mass is 10.1. The summed E-state index contributed by atoms with van der Waals surface area (Å²) in [6, 6.07) is 9.63. The van der Waals surface area contributed by atoms with Gasteiger partial charge in [-0.3, -0.25) is 4.90 Å². The van der Waals surface area contributed by atoms with Crippen LogP contribution in [0.3, 0.4) is 0 Å². The van der Waals surface area contributed by atoms with Crippen LogP contribution in [-0.4, -0.2) is 43.8 Å². The third kappa shape index (κ3) is 5.06. The van der Waals surface area contributed by atoms with Crippen LogP contribution in [0.1, 0.15) is 23.1 Å². The SMILES string of the molecule is Cc1ccc(C(CNC(=O)NCc2ccc(F)cc2)N2CCOCC2)o1. The number of aryl methyl sites for hydroxylation is 1. The molecule has 1 atom stereocenters. The quantitative estimate of drug-likeness (QED) is 0.830. The van der Waals surface area contributed by atoms with Crippen molar-refractivity contribution in [2.75, 3.05) is 32.8 Å². The Hall–Kier alpha value is -2.38. The van der Waals surface area contributed by atoms with Crippen LogP contribution in [0.25, 0.3) is 0 Å². The molecule has 2 heterocycles. The van der Waals surface area contributed by atoms with Crippen LogP contribution in [0, 0.1) is 12.7 Å². The normalized spacial score (nSPS) is 16.2. The van der Waals surface area contributed by atoms with Crippen molar-refractivity contribution in [3.8, 4) is 0 Å². The summed E-state index contributed by atoms with van der Waals surface area (Å²) in [5.74, 6) is 1.39. The lowest BCUT2D eigenvalue weighted by molar-refractivity contribution is 0.0121. The van der Waals surface area contributed by atoms with Gasteiger partial charge in [-0.05, 0) is 36.8 Å². The van der Waals surface area contributed by atoms with Crippen molar-refractivity contribution in [2.24, 2.45) is 0 Å². The number of urea groups is 1. The van der Waals surface area contributed by atoms with Crippen LogP contribution in [0.4, 0.5) is 9.18 Å². The number of hydrogen-bond acceptors (Lipinski definition) is 4. The van der Waals surface area contributed by atoms with Crippen molar-refractivity contribution in [1.82, 2.24) is 15.5 Å². The van der Waals surface area contributed by atoms with E-state index in [1.807, 2.05) is 19.1 Å². The molecule has 2 amide bonds. The standard InChI is InChI=1S/C19H24FN3O3/c1-14-2-7-18(26-14)17(23-8-10-25-11-9-23)13-22-19(24)21-12-15-3-5-16(20)6-4-15/h2-7,17H,8-13H2,1H3,(H2,21,22,24). The number of furan rings is 1. The van der Waals surface area contributed by atoms with Crippen LogP contribution in [0.2, 0.25) is 0 Å². The summed E-state index contributed by atoms with van der Waals surface area (Å²) in [6.45, 7) is 5.62. The van der Waals surface area contributed by atoms with Crippen molar-refractivity contribution in [1.29, 1.82) is 0 Å². The second-order valence-corrected chi connectivity index (χ2v) is 6.30. The Kier molecular flexibility index (Phi) is 6.25. The van der Waals surface area contributed by atoms with Crippen molar-refractivity contribution in [3.05, 3.63) is 59.3 Å². The Morgan fingerprint density at radius 1 is 1.15 bits per heavy atom. The molecule has 1 aliphatic rings. The molecule has 0 spiro atoms. The highest BCUT2D eigenvalue weighted by molar-refractivity contribution is 5.73. The topological polar surface area (TPSA) is 66.7 Å². The molecule has 0 aliphatic carbocycles. The van der Waals surface area contributed by atoms with Gasteiger partial charge in [-0.1, -0.05) is 12.1 Å². The Morgan fingerprint density at radius 2 is 1.88 bits per heavy atom. The lowest BCUT2D eigenvalue weighted by Gasteiger charge is -2.33. The van der Waals surface area contributed by atoms with E-state index in [2.05, 4.69) is 15.5 Å². The number of carbonyl (C=O) groups is 1. The number of hydrogen-bond donors (Lipinski definition) is 2. The van der Waals surface area contributed by atoms with Crippen LogP contribution < -0.4 is 10.6 Å². The summed E-state index contributed by atoms with van der Waals surface area (Å²) in [7, 11) is 0. The second kappa shape index (κ2) is 8.82. The van der Waals surface area contributed by atoms with Crippen molar-refractivity contribution in [2.45, 2.75) is 19.5 Å². The number of nitrogens with one attached hydrogen (secondary N) is 2. The van der Waals surface area contributed by atoms with Gasteiger partial charge in [0.2, 0.25) is 0 Å². The van der Waals surface area contributed by atoms with Gasteiger partial charge in [-0.25, -0.2) is 9.18 Å². The molecule has 0 bridgehead atoms. The Labute approximate surface area is 152 Å². The van der Waals surface area contributed by atoms with E-state index >= 15 is 0 Å². The molecule has 1 fully saturated rings. The van der Waals surface area contributed by atoms with E-state index in [1.165, 1.54) is 12.1 Å². The highest BCUT2D eigenvalue weighted by Crippen LogP contribution is 2.23.